The van der Waals surface area contributed by atoms with Crippen molar-refractivity contribution in [3.05, 3.63) is 101 Å². The van der Waals surface area contributed by atoms with Crippen LogP contribution in [0, 0.1) is 0 Å². The maximum atomic E-state index is 12.4. The summed E-state index contributed by atoms with van der Waals surface area (Å²) in [6, 6.07) is 20.6. The molecule has 0 radical (unpaired) electrons. The van der Waals surface area contributed by atoms with Crippen LogP contribution in [0.4, 0.5) is 16.3 Å². The average molecular weight is 643 g/mol. The van der Waals surface area contributed by atoms with Crippen LogP contribution in [0.15, 0.2) is 73.1 Å². The lowest BCUT2D eigenvalue weighted by molar-refractivity contribution is 0.0514. The Labute approximate surface area is 275 Å². The number of esters is 1. The first-order chi connectivity index (χ1) is 22.5. The molecule has 0 saturated heterocycles. The summed E-state index contributed by atoms with van der Waals surface area (Å²) in [6.45, 7) is 8.11. The third kappa shape index (κ3) is 9.59. The highest BCUT2D eigenvalue weighted by Gasteiger charge is 2.21. The number of hydrogen-bond donors (Lipinski definition) is 1. The summed E-state index contributed by atoms with van der Waals surface area (Å²) in [4.78, 5) is 35.9. The molecule has 4 rings (SSSR count). The third-order valence-electron chi connectivity index (χ3n) is 7.00. The molecule has 0 unspecified atom stereocenters. The third-order valence-corrected chi connectivity index (χ3v) is 7.00. The number of benzene rings is 3. The van der Waals surface area contributed by atoms with Gasteiger partial charge in [-0.15, -0.1) is 0 Å². The van der Waals surface area contributed by atoms with E-state index >= 15 is 0 Å². The topological polar surface area (TPSA) is 121 Å². The molecule has 0 atom stereocenters. The smallest absolute Gasteiger partial charge is 0.407 e. The van der Waals surface area contributed by atoms with Crippen LogP contribution >= 0.6 is 0 Å². The Morgan fingerprint density at radius 1 is 0.851 bits per heavy atom. The van der Waals surface area contributed by atoms with Crippen LogP contribution in [0.2, 0.25) is 0 Å². The van der Waals surface area contributed by atoms with Gasteiger partial charge >= 0.3 is 12.1 Å². The molecule has 0 bridgehead atoms. The van der Waals surface area contributed by atoms with Gasteiger partial charge in [0.25, 0.3) is 0 Å². The van der Waals surface area contributed by atoms with Gasteiger partial charge in [-0.1, -0.05) is 24.3 Å². The van der Waals surface area contributed by atoms with Crippen LogP contribution in [0.5, 0.6) is 17.2 Å². The van der Waals surface area contributed by atoms with Crippen LogP contribution in [0.3, 0.4) is 0 Å². The van der Waals surface area contributed by atoms with Crippen molar-refractivity contribution in [3.63, 3.8) is 0 Å². The molecule has 3 aromatic carbocycles. The van der Waals surface area contributed by atoms with E-state index in [4.69, 9.17) is 23.7 Å². The highest BCUT2D eigenvalue weighted by molar-refractivity contribution is 5.89. The Bertz CT molecular complexity index is 1660. The maximum Gasteiger partial charge on any atom is 0.407 e. The Morgan fingerprint density at radius 2 is 1.55 bits per heavy atom. The molecule has 0 fully saturated rings. The maximum absolute atomic E-state index is 12.4. The summed E-state index contributed by atoms with van der Waals surface area (Å²) in [6.07, 6.45) is 1.48. The Hall–Kier alpha value is -5.32. The summed E-state index contributed by atoms with van der Waals surface area (Å²) in [7, 11) is 4.78. The normalized spacial score (nSPS) is 11.0. The number of nitrogens with zero attached hydrogens (tertiary/aromatic N) is 3. The minimum atomic E-state index is -0.607. The van der Waals surface area contributed by atoms with Crippen LogP contribution in [-0.4, -0.2) is 55.6 Å². The molecule has 1 amide bonds. The van der Waals surface area contributed by atoms with Gasteiger partial charge in [0.2, 0.25) is 0 Å². The Morgan fingerprint density at radius 3 is 2.21 bits per heavy atom. The van der Waals surface area contributed by atoms with Gasteiger partial charge in [0.05, 0.1) is 51.3 Å². The zero-order chi connectivity index (χ0) is 34.0. The molecule has 4 aromatic rings. The van der Waals surface area contributed by atoms with E-state index in [2.05, 4.69) is 15.3 Å². The number of carbonyl (C=O) groups excluding carboxylic acids is 2. The number of carbonyl (C=O) groups is 2. The number of nitrogens with one attached hydrogen (secondary N) is 1. The lowest BCUT2D eigenvalue weighted by Gasteiger charge is -2.27. The second-order valence-corrected chi connectivity index (χ2v) is 11.6. The number of anilines is 2. The molecule has 0 aliphatic carbocycles. The van der Waals surface area contributed by atoms with E-state index in [9.17, 15) is 9.59 Å². The van der Waals surface area contributed by atoms with Crippen LogP contribution in [0.1, 0.15) is 60.4 Å². The van der Waals surface area contributed by atoms with Gasteiger partial charge in [0.1, 0.15) is 35.0 Å². The molecular weight excluding hydrogens is 600 g/mol. The quantitative estimate of drug-likeness (QED) is 0.159. The van der Waals surface area contributed by atoms with Gasteiger partial charge in [-0.2, -0.15) is 0 Å². The van der Waals surface area contributed by atoms with Crippen molar-refractivity contribution in [2.45, 2.75) is 52.8 Å². The fraction of sp³-hybridized carbons (Fsp3) is 0.333. The second-order valence-electron chi connectivity index (χ2n) is 11.6. The van der Waals surface area contributed by atoms with Gasteiger partial charge < -0.3 is 33.9 Å². The number of alkyl carbamates (subject to hydrolysis) is 1. The molecule has 0 saturated carbocycles. The lowest BCUT2D eigenvalue weighted by atomic mass is 10.1. The summed E-state index contributed by atoms with van der Waals surface area (Å²) in [5.41, 5.74) is 3.97. The van der Waals surface area contributed by atoms with E-state index < -0.39 is 11.7 Å². The first-order valence-corrected chi connectivity index (χ1v) is 15.2. The molecule has 0 aliphatic heterocycles. The van der Waals surface area contributed by atoms with Crippen molar-refractivity contribution in [1.82, 2.24) is 15.3 Å². The van der Waals surface area contributed by atoms with E-state index in [0.717, 1.165) is 28.1 Å². The van der Waals surface area contributed by atoms with Gasteiger partial charge in [0, 0.05) is 36.9 Å². The van der Waals surface area contributed by atoms with Crippen molar-refractivity contribution >= 4 is 23.6 Å². The zero-order valence-corrected chi connectivity index (χ0v) is 28.0. The Kier molecular flexibility index (Phi) is 11.6. The van der Waals surface area contributed by atoms with Crippen LogP contribution in [-0.2, 0) is 29.0 Å². The molecule has 0 aliphatic rings. The fourth-order valence-corrected chi connectivity index (χ4v) is 4.88. The molecular formula is C36H42N4O7. The standard InChI is InChI=1S/C36H42N4O7/c1-8-46-34(41)26-13-9-11-24(15-26)16-27-18-33(39-23-38-27)40(22-30-31(44-6)19-29(43-5)20-32(30)45-7)28-14-10-12-25(17-28)21-37-35(42)47-36(2,3)4/h9-15,17-20,23H,8,16,21-22H2,1-7H3,(H,37,42). The number of methoxy groups -OCH3 is 3. The SMILES string of the molecule is CCOC(=O)c1cccc(Cc2cc(N(Cc3c(OC)cc(OC)cc3OC)c3cccc(CNC(=O)OC(C)(C)C)c3)ncn2)c1. The predicted octanol–water partition coefficient (Wildman–Crippen LogP) is 6.63. The number of ether oxygens (including phenoxy) is 5. The molecule has 11 nitrogen and oxygen atoms in total. The summed E-state index contributed by atoms with van der Waals surface area (Å²) >= 11 is 0. The zero-order valence-electron chi connectivity index (χ0n) is 28.0. The minimum absolute atomic E-state index is 0.262. The molecule has 1 heterocycles. The van der Waals surface area contributed by atoms with Gasteiger partial charge in [-0.25, -0.2) is 19.6 Å². The van der Waals surface area contributed by atoms with E-state index in [-0.39, 0.29) is 12.5 Å². The fourth-order valence-electron chi connectivity index (χ4n) is 4.88. The van der Waals surface area contributed by atoms with Crippen LogP contribution < -0.4 is 24.4 Å². The molecule has 1 N–H and O–H groups in total. The summed E-state index contributed by atoms with van der Waals surface area (Å²) < 4.78 is 27.6. The predicted molar refractivity (Wildman–Crippen MR) is 179 cm³/mol. The second kappa shape index (κ2) is 15.8. The molecule has 248 valence electrons. The van der Waals surface area contributed by atoms with Crippen molar-refractivity contribution in [1.29, 1.82) is 0 Å². The van der Waals surface area contributed by atoms with E-state index in [1.54, 1.807) is 46.5 Å². The monoisotopic (exact) mass is 642 g/mol. The number of aromatic nitrogens is 2. The van der Waals surface area contributed by atoms with Gasteiger partial charge in [0.15, 0.2) is 0 Å². The molecule has 11 heteroatoms. The van der Waals surface area contributed by atoms with Crippen molar-refractivity contribution < 1.29 is 33.3 Å². The molecule has 47 heavy (non-hydrogen) atoms. The minimum Gasteiger partial charge on any atom is -0.496 e. The highest BCUT2D eigenvalue weighted by Crippen LogP contribution is 2.38. The lowest BCUT2D eigenvalue weighted by Crippen LogP contribution is -2.32. The first-order valence-electron chi connectivity index (χ1n) is 15.2. The highest BCUT2D eigenvalue weighted by atomic mass is 16.6. The Balaban J connectivity index is 1.72. The molecule has 0 spiro atoms. The van der Waals surface area contributed by atoms with Crippen molar-refractivity contribution in [2.24, 2.45) is 0 Å². The first kappa shape index (κ1) is 34.6. The number of amides is 1. The summed E-state index contributed by atoms with van der Waals surface area (Å²) in [5.74, 6) is 2.01. The molecule has 1 aromatic heterocycles. The van der Waals surface area contributed by atoms with E-state index in [1.807, 2.05) is 74.2 Å². The average Bonchev–Trinajstić information content (AvgIpc) is 3.05. The largest absolute Gasteiger partial charge is 0.496 e. The summed E-state index contributed by atoms with van der Waals surface area (Å²) in [5, 5.41) is 2.82. The van der Waals surface area contributed by atoms with Crippen molar-refractivity contribution in [2.75, 3.05) is 32.8 Å². The number of rotatable bonds is 13. The van der Waals surface area contributed by atoms with Crippen molar-refractivity contribution in [3.8, 4) is 17.2 Å². The van der Waals surface area contributed by atoms with Crippen LogP contribution in [0.25, 0.3) is 0 Å². The van der Waals surface area contributed by atoms with E-state index in [1.165, 1.54) is 6.33 Å². The number of hydrogen-bond acceptors (Lipinski definition) is 10. The van der Waals surface area contributed by atoms with Gasteiger partial charge in [-0.3, -0.25) is 0 Å². The van der Waals surface area contributed by atoms with E-state index in [0.29, 0.717) is 48.2 Å². The van der Waals surface area contributed by atoms with Gasteiger partial charge in [-0.05, 0) is 63.1 Å².